The molecule has 0 aromatic heterocycles. The molecule has 194 valence electrons. The lowest BCUT2D eigenvalue weighted by atomic mass is 10.1. The Balaban J connectivity index is 1.51. The van der Waals surface area contributed by atoms with E-state index in [1.165, 1.54) is 6.08 Å². The van der Waals surface area contributed by atoms with Gasteiger partial charge in [-0.15, -0.1) is 0 Å². The van der Waals surface area contributed by atoms with Crippen LogP contribution in [0.3, 0.4) is 0 Å². The Kier molecular flexibility index (Phi) is 8.49. The molecule has 2 N–H and O–H groups in total. The molecule has 38 heavy (non-hydrogen) atoms. The molecule has 4 rings (SSSR count). The van der Waals surface area contributed by atoms with Crippen LogP contribution in [0.5, 0.6) is 5.75 Å². The monoisotopic (exact) mass is 703 g/mol. The molecule has 0 spiro atoms. The normalized spacial score (nSPS) is 14.5. The highest BCUT2D eigenvalue weighted by Crippen LogP contribution is 2.36. The molecule has 0 saturated carbocycles. The van der Waals surface area contributed by atoms with E-state index in [1.54, 1.807) is 36.4 Å². The number of hydrogen-bond donors (Lipinski definition) is 2. The second-order valence-electron chi connectivity index (χ2n) is 8.40. The SMILES string of the molecule is Cc1ccc(NC(=O)COc2c(Br)cc(/C=C3\C(=O)NC(=O)N(c4ccc(Br)cc4)C3=O)cc2Br)c(C)c1. The molecule has 0 unspecified atom stereocenters. The van der Waals surface area contributed by atoms with E-state index in [1.807, 2.05) is 32.0 Å². The van der Waals surface area contributed by atoms with Gasteiger partial charge in [0.1, 0.15) is 11.3 Å². The Labute approximate surface area is 243 Å². The highest BCUT2D eigenvalue weighted by atomic mass is 79.9. The third kappa shape index (κ3) is 6.23. The molecule has 0 atom stereocenters. The van der Waals surface area contributed by atoms with E-state index < -0.39 is 17.8 Å². The van der Waals surface area contributed by atoms with Gasteiger partial charge in [-0.1, -0.05) is 33.6 Å². The van der Waals surface area contributed by atoms with Crippen molar-refractivity contribution >= 4 is 89.0 Å². The summed E-state index contributed by atoms with van der Waals surface area (Å²) in [6.07, 6.45) is 1.38. The first kappa shape index (κ1) is 27.7. The van der Waals surface area contributed by atoms with Crippen LogP contribution in [0.15, 0.2) is 73.6 Å². The topological polar surface area (TPSA) is 105 Å². The van der Waals surface area contributed by atoms with Gasteiger partial charge in [0.25, 0.3) is 17.7 Å². The van der Waals surface area contributed by atoms with Crippen LogP contribution < -0.4 is 20.3 Å². The summed E-state index contributed by atoms with van der Waals surface area (Å²) in [7, 11) is 0. The number of urea groups is 1. The van der Waals surface area contributed by atoms with Crippen molar-refractivity contribution in [3.63, 3.8) is 0 Å². The molecule has 0 radical (unpaired) electrons. The maximum Gasteiger partial charge on any atom is 0.335 e. The Morgan fingerprint density at radius 3 is 2.26 bits per heavy atom. The molecule has 1 aliphatic rings. The summed E-state index contributed by atoms with van der Waals surface area (Å²) < 4.78 is 7.47. The van der Waals surface area contributed by atoms with Gasteiger partial charge in [0.05, 0.1) is 14.6 Å². The molecular formula is C27H20Br3N3O5. The van der Waals surface area contributed by atoms with Crippen molar-refractivity contribution in [2.24, 2.45) is 0 Å². The van der Waals surface area contributed by atoms with E-state index in [4.69, 9.17) is 4.74 Å². The number of aryl methyl sites for hydroxylation is 2. The molecule has 1 fully saturated rings. The minimum atomic E-state index is -0.829. The predicted molar refractivity (Wildman–Crippen MR) is 155 cm³/mol. The fourth-order valence-electron chi connectivity index (χ4n) is 3.73. The van der Waals surface area contributed by atoms with Gasteiger partial charge in [-0.2, -0.15) is 0 Å². The van der Waals surface area contributed by atoms with Crippen LogP contribution in [0.25, 0.3) is 6.08 Å². The molecule has 1 heterocycles. The Morgan fingerprint density at radius 1 is 0.974 bits per heavy atom. The minimum Gasteiger partial charge on any atom is -0.481 e. The fourth-order valence-corrected chi connectivity index (χ4v) is 5.44. The second kappa shape index (κ2) is 11.6. The number of hydrogen-bond acceptors (Lipinski definition) is 5. The quantitative estimate of drug-likeness (QED) is 0.232. The van der Waals surface area contributed by atoms with Crippen LogP contribution in [-0.4, -0.2) is 30.4 Å². The summed E-state index contributed by atoms with van der Waals surface area (Å²) >= 11 is 10.2. The molecule has 0 aliphatic carbocycles. The molecule has 11 heteroatoms. The lowest BCUT2D eigenvalue weighted by molar-refractivity contribution is -0.122. The molecule has 3 aromatic carbocycles. The number of rotatable bonds is 6. The zero-order valence-corrected chi connectivity index (χ0v) is 24.9. The van der Waals surface area contributed by atoms with Gasteiger partial charge in [0, 0.05) is 10.2 Å². The van der Waals surface area contributed by atoms with Gasteiger partial charge in [0.15, 0.2) is 6.61 Å². The minimum absolute atomic E-state index is 0.215. The lowest BCUT2D eigenvalue weighted by Crippen LogP contribution is -2.54. The first-order valence-electron chi connectivity index (χ1n) is 11.2. The van der Waals surface area contributed by atoms with Crippen LogP contribution in [-0.2, 0) is 14.4 Å². The zero-order chi connectivity index (χ0) is 27.6. The van der Waals surface area contributed by atoms with Crippen molar-refractivity contribution in [3.8, 4) is 5.75 Å². The maximum atomic E-state index is 13.1. The van der Waals surface area contributed by atoms with Crippen molar-refractivity contribution in [2.45, 2.75) is 13.8 Å². The van der Waals surface area contributed by atoms with E-state index in [-0.39, 0.29) is 18.1 Å². The average Bonchev–Trinajstić information content (AvgIpc) is 2.84. The van der Waals surface area contributed by atoms with Crippen LogP contribution in [0.1, 0.15) is 16.7 Å². The molecule has 3 aromatic rings. The zero-order valence-electron chi connectivity index (χ0n) is 20.1. The molecule has 1 saturated heterocycles. The van der Waals surface area contributed by atoms with E-state index in [9.17, 15) is 19.2 Å². The van der Waals surface area contributed by atoms with Gasteiger partial charge >= 0.3 is 6.03 Å². The second-order valence-corrected chi connectivity index (χ2v) is 11.0. The van der Waals surface area contributed by atoms with Gasteiger partial charge in [0.2, 0.25) is 0 Å². The van der Waals surface area contributed by atoms with Crippen molar-refractivity contribution in [3.05, 3.63) is 90.3 Å². The van der Waals surface area contributed by atoms with E-state index in [0.29, 0.717) is 31.6 Å². The van der Waals surface area contributed by atoms with Crippen LogP contribution in [0, 0.1) is 13.8 Å². The number of amides is 5. The summed E-state index contributed by atoms with van der Waals surface area (Å²) in [6.45, 7) is 3.65. The standard InChI is InChI=1S/C27H20Br3N3O5/c1-14-3-8-22(15(2)9-14)31-23(34)13-38-24-20(29)11-16(12-21(24)30)10-19-25(35)32-27(37)33(26(19)36)18-6-4-17(28)5-7-18/h3-12H,13H2,1-2H3,(H,31,34)(H,32,35,37)/b19-10+. The van der Waals surface area contributed by atoms with Gasteiger partial charge in [-0.25, -0.2) is 9.69 Å². The van der Waals surface area contributed by atoms with Gasteiger partial charge in [-0.05, 0) is 105 Å². The summed E-state index contributed by atoms with van der Waals surface area (Å²) in [6, 6.07) is 14.7. The smallest absolute Gasteiger partial charge is 0.335 e. The summed E-state index contributed by atoms with van der Waals surface area (Å²) in [5.74, 6) is -1.51. The maximum absolute atomic E-state index is 13.1. The van der Waals surface area contributed by atoms with Crippen molar-refractivity contribution in [1.29, 1.82) is 0 Å². The van der Waals surface area contributed by atoms with E-state index in [2.05, 4.69) is 58.4 Å². The van der Waals surface area contributed by atoms with Gasteiger partial charge < -0.3 is 10.1 Å². The molecule has 5 amide bonds. The Hall–Kier alpha value is -3.28. The van der Waals surface area contributed by atoms with E-state index >= 15 is 0 Å². The lowest BCUT2D eigenvalue weighted by Gasteiger charge is -2.26. The number of carbonyl (C=O) groups excluding carboxylic acids is 4. The number of nitrogens with one attached hydrogen (secondary N) is 2. The van der Waals surface area contributed by atoms with Crippen molar-refractivity contribution in [2.75, 3.05) is 16.8 Å². The number of barbiturate groups is 1. The van der Waals surface area contributed by atoms with Crippen molar-refractivity contribution < 1.29 is 23.9 Å². The Bertz CT molecular complexity index is 1480. The first-order valence-corrected chi connectivity index (χ1v) is 13.6. The summed E-state index contributed by atoms with van der Waals surface area (Å²) in [4.78, 5) is 51.4. The Morgan fingerprint density at radius 2 is 1.63 bits per heavy atom. The molecule has 8 nitrogen and oxygen atoms in total. The number of halogens is 3. The third-order valence-corrected chi connectivity index (χ3v) is 7.23. The third-order valence-electron chi connectivity index (χ3n) is 5.52. The number of imide groups is 2. The number of carbonyl (C=O) groups is 4. The number of nitrogens with zero attached hydrogens (tertiary/aromatic N) is 1. The number of anilines is 2. The number of benzene rings is 3. The van der Waals surface area contributed by atoms with Crippen molar-refractivity contribution in [1.82, 2.24) is 5.32 Å². The molecule has 0 bridgehead atoms. The van der Waals surface area contributed by atoms with Crippen LogP contribution >= 0.6 is 47.8 Å². The van der Waals surface area contributed by atoms with Crippen LogP contribution in [0.2, 0.25) is 0 Å². The summed E-state index contributed by atoms with van der Waals surface area (Å²) in [5, 5.41) is 5.02. The summed E-state index contributed by atoms with van der Waals surface area (Å²) in [5.41, 5.74) is 3.33. The average molecular weight is 706 g/mol. The first-order chi connectivity index (χ1) is 18.0. The highest BCUT2D eigenvalue weighted by Gasteiger charge is 2.36. The van der Waals surface area contributed by atoms with Gasteiger partial charge in [-0.3, -0.25) is 19.7 Å². The molecule has 1 aliphatic heterocycles. The highest BCUT2D eigenvalue weighted by molar-refractivity contribution is 9.11. The van der Waals surface area contributed by atoms with Crippen LogP contribution in [0.4, 0.5) is 16.2 Å². The predicted octanol–water partition coefficient (Wildman–Crippen LogP) is 6.27. The van der Waals surface area contributed by atoms with E-state index in [0.717, 1.165) is 20.5 Å². The largest absolute Gasteiger partial charge is 0.481 e. The number of ether oxygens (including phenoxy) is 1. The fraction of sp³-hybridized carbons (Fsp3) is 0.111. The molecular weight excluding hydrogens is 686 g/mol.